The molecule has 2 aromatic rings. The number of ether oxygens (including phenoxy) is 1. The molecule has 0 spiro atoms. The van der Waals surface area contributed by atoms with Crippen LogP contribution in [0.1, 0.15) is 130 Å². The molecule has 2 aromatic carbocycles. The molecule has 1 heteroatoms. The third kappa shape index (κ3) is 8.37. The minimum atomic E-state index is 0.272. The van der Waals surface area contributed by atoms with Crippen LogP contribution in [0.2, 0.25) is 0 Å². The van der Waals surface area contributed by atoms with Crippen LogP contribution in [-0.4, -0.2) is 6.61 Å². The van der Waals surface area contributed by atoms with Gasteiger partial charge in [0.2, 0.25) is 0 Å². The normalized spacial score (nSPS) is 28.5. The van der Waals surface area contributed by atoms with E-state index in [1.54, 1.807) is 0 Å². The molecule has 1 heterocycles. The Balaban J connectivity index is 0.000000201. The van der Waals surface area contributed by atoms with Gasteiger partial charge in [-0.05, 0) is 160 Å². The standard InChI is InChI=1S/C23H30O.C17H30/c1-14-7-8-22(24-13-14)20-11-17(4)23(18(5)12-20)21-9-15(2)19(6)16(3)10-21;1-3-5-15-8-12-17(13-9-15)16-10-6-14(4-2)7-11-16/h9-12,14,22H,7-8,13H2,1-6H3;4,14-17H,2-3,5-13H2,1H3. The van der Waals surface area contributed by atoms with E-state index in [2.05, 4.69) is 85.4 Å². The highest BCUT2D eigenvalue weighted by atomic mass is 16.5. The van der Waals surface area contributed by atoms with Crippen molar-refractivity contribution in [2.24, 2.45) is 29.6 Å². The molecule has 3 aliphatic rings. The van der Waals surface area contributed by atoms with Crippen LogP contribution in [0.5, 0.6) is 0 Å². The second-order valence-electron chi connectivity index (χ2n) is 14.2. The Morgan fingerprint density at radius 3 is 1.78 bits per heavy atom. The van der Waals surface area contributed by atoms with E-state index in [0.29, 0.717) is 5.92 Å². The maximum atomic E-state index is 6.09. The van der Waals surface area contributed by atoms with Crippen molar-refractivity contribution in [3.05, 3.63) is 70.3 Å². The Hall–Kier alpha value is -1.86. The summed E-state index contributed by atoms with van der Waals surface area (Å²) in [6.45, 7) is 20.6. The Labute approximate surface area is 253 Å². The van der Waals surface area contributed by atoms with Crippen molar-refractivity contribution < 1.29 is 4.74 Å². The quantitative estimate of drug-likeness (QED) is 0.321. The summed E-state index contributed by atoms with van der Waals surface area (Å²) in [6.07, 6.45) is 19.7. The zero-order valence-electron chi connectivity index (χ0n) is 27.7. The van der Waals surface area contributed by atoms with Crippen LogP contribution >= 0.6 is 0 Å². The van der Waals surface area contributed by atoms with E-state index in [1.807, 2.05) is 0 Å². The maximum absolute atomic E-state index is 6.09. The molecule has 41 heavy (non-hydrogen) atoms. The number of hydrogen-bond acceptors (Lipinski definition) is 1. The molecule has 0 radical (unpaired) electrons. The monoisotopic (exact) mass is 556 g/mol. The van der Waals surface area contributed by atoms with E-state index < -0.39 is 0 Å². The molecular weight excluding hydrogens is 496 g/mol. The molecule has 3 fully saturated rings. The van der Waals surface area contributed by atoms with Crippen molar-refractivity contribution >= 4 is 0 Å². The summed E-state index contributed by atoms with van der Waals surface area (Å²) in [5, 5.41) is 0. The summed E-state index contributed by atoms with van der Waals surface area (Å²) < 4.78 is 6.09. The maximum Gasteiger partial charge on any atom is 0.0825 e. The van der Waals surface area contributed by atoms with Crippen molar-refractivity contribution in [1.29, 1.82) is 0 Å². The molecule has 5 rings (SSSR count). The van der Waals surface area contributed by atoms with Crippen molar-refractivity contribution in [3.63, 3.8) is 0 Å². The minimum Gasteiger partial charge on any atom is -0.373 e. The molecule has 0 amide bonds. The minimum absolute atomic E-state index is 0.272. The summed E-state index contributed by atoms with van der Waals surface area (Å²) in [6, 6.07) is 9.34. The van der Waals surface area contributed by atoms with Gasteiger partial charge in [0, 0.05) is 6.61 Å². The molecule has 0 N–H and O–H groups in total. The Morgan fingerprint density at radius 1 is 0.732 bits per heavy atom. The Kier molecular flexibility index (Phi) is 11.8. The van der Waals surface area contributed by atoms with Crippen LogP contribution in [0.3, 0.4) is 0 Å². The molecule has 1 aliphatic heterocycles. The van der Waals surface area contributed by atoms with E-state index in [4.69, 9.17) is 4.74 Å². The van der Waals surface area contributed by atoms with Crippen LogP contribution in [0.25, 0.3) is 11.1 Å². The van der Waals surface area contributed by atoms with Gasteiger partial charge in [-0.3, -0.25) is 0 Å². The number of rotatable bonds is 6. The van der Waals surface area contributed by atoms with Crippen LogP contribution < -0.4 is 0 Å². The third-order valence-electron chi connectivity index (χ3n) is 11.1. The van der Waals surface area contributed by atoms with Gasteiger partial charge in [-0.1, -0.05) is 69.9 Å². The summed E-state index contributed by atoms with van der Waals surface area (Å²) in [5.74, 6) is 4.74. The summed E-state index contributed by atoms with van der Waals surface area (Å²) in [4.78, 5) is 0. The van der Waals surface area contributed by atoms with Crippen LogP contribution in [0.4, 0.5) is 0 Å². The van der Waals surface area contributed by atoms with E-state index in [1.165, 1.54) is 115 Å². The average Bonchev–Trinajstić information content (AvgIpc) is 2.97. The number of benzene rings is 2. The first kappa shape index (κ1) is 32.1. The lowest BCUT2D eigenvalue weighted by Crippen LogP contribution is -2.25. The first-order valence-corrected chi connectivity index (χ1v) is 17.1. The van der Waals surface area contributed by atoms with E-state index in [9.17, 15) is 0 Å². The van der Waals surface area contributed by atoms with Gasteiger partial charge in [0.15, 0.2) is 0 Å². The van der Waals surface area contributed by atoms with Crippen LogP contribution in [0, 0.1) is 64.2 Å². The second-order valence-corrected chi connectivity index (χ2v) is 14.2. The fourth-order valence-electron chi connectivity index (χ4n) is 8.17. The predicted molar refractivity (Wildman–Crippen MR) is 179 cm³/mol. The van der Waals surface area contributed by atoms with E-state index >= 15 is 0 Å². The zero-order valence-corrected chi connectivity index (χ0v) is 27.7. The number of hydrogen-bond donors (Lipinski definition) is 0. The van der Waals surface area contributed by atoms with Gasteiger partial charge in [-0.25, -0.2) is 0 Å². The highest BCUT2D eigenvalue weighted by Gasteiger charge is 2.30. The van der Waals surface area contributed by atoms with Crippen molar-refractivity contribution in [1.82, 2.24) is 0 Å². The molecule has 1 nitrogen and oxygen atoms in total. The highest BCUT2D eigenvalue weighted by molar-refractivity contribution is 5.73. The van der Waals surface area contributed by atoms with Gasteiger partial charge in [0.1, 0.15) is 0 Å². The van der Waals surface area contributed by atoms with Gasteiger partial charge in [-0.2, -0.15) is 0 Å². The predicted octanol–water partition coefficient (Wildman–Crippen LogP) is 12.0. The van der Waals surface area contributed by atoms with Crippen molar-refractivity contribution in [2.45, 2.75) is 132 Å². The van der Waals surface area contributed by atoms with Gasteiger partial charge >= 0.3 is 0 Å². The molecule has 2 atom stereocenters. The Morgan fingerprint density at radius 2 is 1.29 bits per heavy atom. The molecule has 1 saturated heterocycles. The molecule has 226 valence electrons. The zero-order chi connectivity index (χ0) is 29.5. The van der Waals surface area contributed by atoms with Crippen molar-refractivity contribution in [2.75, 3.05) is 6.61 Å². The molecular formula is C40H60O. The summed E-state index contributed by atoms with van der Waals surface area (Å²) in [7, 11) is 0. The van der Waals surface area contributed by atoms with Gasteiger partial charge in [0.05, 0.1) is 6.10 Å². The summed E-state index contributed by atoms with van der Waals surface area (Å²) >= 11 is 0. The van der Waals surface area contributed by atoms with Crippen LogP contribution in [0.15, 0.2) is 36.9 Å². The molecule has 2 saturated carbocycles. The third-order valence-corrected chi connectivity index (χ3v) is 11.1. The lowest BCUT2D eigenvalue weighted by atomic mass is 9.69. The SMILES string of the molecule is C=CC1CCC(C2CCC(CCC)CC2)CC1.Cc1cc(-c2c(C)cc(C3CCC(C)CO3)cc2C)cc(C)c1C. The van der Waals surface area contributed by atoms with Gasteiger partial charge < -0.3 is 4.74 Å². The van der Waals surface area contributed by atoms with E-state index in [0.717, 1.165) is 36.7 Å². The fraction of sp³-hybridized carbons (Fsp3) is 0.650. The van der Waals surface area contributed by atoms with Gasteiger partial charge in [0.25, 0.3) is 0 Å². The Bertz CT molecular complexity index is 1070. The fourth-order valence-corrected chi connectivity index (χ4v) is 8.17. The molecule has 2 aliphatic carbocycles. The highest BCUT2D eigenvalue weighted by Crippen LogP contribution is 2.42. The van der Waals surface area contributed by atoms with E-state index in [-0.39, 0.29) is 6.10 Å². The summed E-state index contributed by atoms with van der Waals surface area (Å²) in [5.41, 5.74) is 10.9. The van der Waals surface area contributed by atoms with Gasteiger partial charge in [-0.15, -0.1) is 6.58 Å². The smallest absolute Gasteiger partial charge is 0.0825 e. The van der Waals surface area contributed by atoms with Crippen LogP contribution in [-0.2, 0) is 4.74 Å². The molecule has 0 bridgehead atoms. The topological polar surface area (TPSA) is 9.23 Å². The first-order chi connectivity index (χ1) is 19.7. The number of allylic oxidation sites excluding steroid dienone is 1. The van der Waals surface area contributed by atoms with Crippen molar-refractivity contribution in [3.8, 4) is 11.1 Å². The average molecular weight is 557 g/mol. The molecule has 2 unspecified atom stereocenters. The second kappa shape index (κ2) is 15.0. The lowest BCUT2D eigenvalue weighted by molar-refractivity contribution is -0.0124. The first-order valence-electron chi connectivity index (χ1n) is 17.1. The molecule has 0 aromatic heterocycles. The largest absolute Gasteiger partial charge is 0.373 e. The number of aryl methyl sites for hydroxylation is 4. The lowest BCUT2D eigenvalue weighted by Gasteiger charge is -2.37.